The van der Waals surface area contributed by atoms with E-state index in [1.165, 1.54) is 16.7 Å². The lowest BCUT2D eigenvalue weighted by atomic mass is 9.98. The topological polar surface area (TPSA) is 47.3 Å². The first-order valence-corrected chi connectivity index (χ1v) is 6.38. The van der Waals surface area contributed by atoms with Crippen LogP contribution in [0.5, 0.6) is 5.75 Å². The molecule has 0 fully saturated rings. The molecular formula is C16H20N2O. The molecule has 0 saturated carbocycles. The summed E-state index contributed by atoms with van der Waals surface area (Å²) >= 11 is 0. The first-order chi connectivity index (χ1) is 9.22. The van der Waals surface area contributed by atoms with E-state index in [2.05, 4.69) is 48.7 Å². The van der Waals surface area contributed by atoms with Gasteiger partial charge in [-0.15, -0.1) is 0 Å². The van der Waals surface area contributed by atoms with E-state index in [1.54, 1.807) is 7.11 Å². The second kappa shape index (κ2) is 6.36. The van der Waals surface area contributed by atoms with Gasteiger partial charge < -0.3 is 4.74 Å². The van der Waals surface area contributed by atoms with Crippen LogP contribution in [-0.2, 0) is 6.42 Å². The van der Waals surface area contributed by atoms with Crippen LogP contribution in [-0.4, -0.2) is 7.11 Å². The van der Waals surface area contributed by atoms with Gasteiger partial charge in [0.05, 0.1) is 7.11 Å². The lowest BCUT2D eigenvalue weighted by Gasteiger charge is -2.17. The third-order valence-electron chi connectivity index (χ3n) is 3.28. The summed E-state index contributed by atoms with van der Waals surface area (Å²) in [6, 6.07) is 16.6. The van der Waals surface area contributed by atoms with Gasteiger partial charge in [-0.3, -0.25) is 11.3 Å². The number of methoxy groups -OCH3 is 1. The molecule has 100 valence electrons. The molecule has 0 saturated heterocycles. The fourth-order valence-electron chi connectivity index (χ4n) is 2.07. The number of aryl methyl sites for hydroxylation is 1. The maximum atomic E-state index is 5.67. The van der Waals surface area contributed by atoms with E-state index in [-0.39, 0.29) is 6.04 Å². The Labute approximate surface area is 114 Å². The van der Waals surface area contributed by atoms with Crippen molar-refractivity contribution in [2.45, 2.75) is 19.4 Å². The first-order valence-electron chi connectivity index (χ1n) is 6.38. The molecule has 0 spiro atoms. The average Bonchev–Trinajstić information content (AvgIpc) is 2.46. The lowest BCUT2D eigenvalue weighted by Crippen LogP contribution is -2.29. The number of hydrazine groups is 1. The molecule has 0 aliphatic rings. The number of hydrogen-bond donors (Lipinski definition) is 2. The predicted molar refractivity (Wildman–Crippen MR) is 77.9 cm³/mol. The summed E-state index contributed by atoms with van der Waals surface area (Å²) in [5.74, 6) is 6.54. The van der Waals surface area contributed by atoms with Gasteiger partial charge in [0.25, 0.3) is 0 Å². The van der Waals surface area contributed by atoms with Gasteiger partial charge in [-0.2, -0.15) is 0 Å². The minimum atomic E-state index is 0.119. The Hall–Kier alpha value is -1.84. The number of hydrogen-bond acceptors (Lipinski definition) is 3. The Morgan fingerprint density at radius 1 is 1.05 bits per heavy atom. The van der Waals surface area contributed by atoms with Gasteiger partial charge in [-0.25, -0.2) is 0 Å². The second-order valence-corrected chi connectivity index (χ2v) is 4.68. The molecule has 2 rings (SSSR count). The summed E-state index contributed by atoms with van der Waals surface area (Å²) in [4.78, 5) is 0. The van der Waals surface area contributed by atoms with Crippen molar-refractivity contribution in [2.75, 3.05) is 7.11 Å². The molecule has 0 aliphatic heterocycles. The molecule has 2 aromatic rings. The molecule has 1 unspecified atom stereocenters. The number of rotatable bonds is 5. The third kappa shape index (κ3) is 3.56. The van der Waals surface area contributed by atoms with Crippen molar-refractivity contribution >= 4 is 0 Å². The van der Waals surface area contributed by atoms with Crippen LogP contribution in [0, 0.1) is 6.92 Å². The Morgan fingerprint density at radius 2 is 1.68 bits per heavy atom. The molecule has 19 heavy (non-hydrogen) atoms. The van der Waals surface area contributed by atoms with Crippen LogP contribution < -0.4 is 16.0 Å². The monoisotopic (exact) mass is 256 g/mol. The third-order valence-corrected chi connectivity index (χ3v) is 3.28. The summed E-state index contributed by atoms with van der Waals surface area (Å²) in [6.07, 6.45) is 0.851. The maximum absolute atomic E-state index is 5.67. The number of ether oxygens (including phenoxy) is 1. The number of nitrogens with one attached hydrogen (secondary N) is 1. The van der Waals surface area contributed by atoms with Crippen molar-refractivity contribution in [3.8, 4) is 5.75 Å². The van der Waals surface area contributed by atoms with Gasteiger partial charge in [0, 0.05) is 6.04 Å². The van der Waals surface area contributed by atoms with Gasteiger partial charge in [0.2, 0.25) is 0 Å². The molecule has 0 amide bonds. The van der Waals surface area contributed by atoms with Gasteiger partial charge in [-0.05, 0) is 36.6 Å². The van der Waals surface area contributed by atoms with Crippen molar-refractivity contribution < 1.29 is 4.74 Å². The SMILES string of the molecule is COc1ccc(CC(NN)c2ccc(C)cc2)cc1. The highest BCUT2D eigenvalue weighted by atomic mass is 16.5. The average molecular weight is 256 g/mol. The van der Waals surface area contributed by atoms with Crippen molar-refractivity contribution in [3.63, 3.8) is 0 Å². The van der Waals surface area contributed by atoms with Crippen molar-refractivity contribution in [3.05, 3.63) is 65.2 Å². The lowest BCUT2D eigenvalue weighted by molar-refractivity contribution is 0.414. The zero-order valence-corrected chi connectivity index (χ0v) is 11.4. The van der Waals surface area contributed by atoms with E-state index in [0.29, 0.717) is 0 Å². The van der Waals surface area contributed by atoms with Gasteiger partial charge in [0.15, 0.2) is 0 Å². The van der Waals surface area contributed by atoms with E-state index < -0.39 is 0 Å². The van der Waals surface area contributed by atoms with Crippen LogP contribution in [0.1, 0.15) is 22.7 Å². The molecule has 0 bridgehead atoms. The van der Waals surface area contributed by atoms with E-state index in [9.17, 15) is 0 Å². The van der Waals surface area contributed by atoms with Crippen LogP contribution in [0.25, 0.3) is 0 Å². The highest BCUT2D eigenvalue weighted by Gasteiger charge is 2.10. The Balaban J connectivity index is 2.11. The smallest absolute Gasteiger partial charge is 0.118 e. The van der Waals surface area contributed by atoms with Crippen LogP contribution in [0.15, 0.2) is 48.5 Å². The second-order valence-electron chi connectivity index (χ2n) is 4.68. The van der Waals surface area contributed by atoms with Crippen molar-refractivity contribution in [1.29, 1.82) is 0 Å². The molecular weight excluding hydrogens is 236 g/mol. The molecule has 2 aromatic carbocycles. The fourth-order valence-corrected chi connectivity index (χ4v) is 2.07. The Bertz CT molecular complexity index is 505. The van der Waals surface area contributed by atoms with E-state index in [1.807, 2.05) is 12.1 Å². The van der Waals surface area contributed by atoms with Crippen LogP contribution >= 0.6 is 0 Å². The predicted octanol–water partition coefficient (Wildman–Crippen LogP) is 2.75. The normalized spacial score (nSPS) is 12.2. The Morgan fingerprint density at radius 3 is 2.21 bits per heavy atom. The highest BCUT2D eigenvalue weighted by Crippen LogP contribution is 2.20. The summed E-state index contributed by atoms with van der Waals surface area (Å²) < 4.78 is 5.16. The van der Waals surface area contributed by atoms with Crippen molar-refractivity contribution in [2.24, 2.45) is 5.84 Å². The van der Waals surface area contributed by atoms with Gasteiger partial charge in [-0.1, -0.05) is 42.0 Å². The van der Waals surface area contributed by atoms with Crippen molar-refractivity contribution in [1.82, 2.24) is 5.43 Å². The highest BCUT2D eigenvalue weighted by molar-refractivity contribution is 5.30. The Kier molecular flexibility index (Phi) is 4.55. The zero-order chi connectivity index (χ0) is 13.7. The van der Waals surface area contributed by atoms with Gasteiger partial charge in [0.1, 0.15) is 5.75 Å². The largest absolute Gasteiger partial charge is 0.497 e. The zero-order valence-electron chi connectivity index (χ0n) is 11.4. The first kappa shape index (κ1) is 13.6. The summed E-state index contributed by atoms with van der Waals surface area (Å²) in [5, 5.41) is 0. The van der Waals surface area contributed by atoms with E-state index >= 15 is 0 Å². The van der Waals surface area contributed by atoms with Gasteiger partial charge >= 0.3 is 0 Å². The van der Waals surface area contributed by atoms with E-state index in [0.717, 1.165) is 12.2 Å². The number of benzene rings is 2. The molecule has 0 heterocycles. The fraction of sp³-hybridized carbons (Fsp3) is 0.250. The van der Waals surface area contributed by atoms with E-state index in [4.69, 9.17) is 10.6 Å². The molecule has 3 nitrogen and oxygen atoms in total. The quantitative estimate of drug-likeness (QED) is 0.639. The molecule has 3 N–H and O–H groups in total. The maximum Gasteiger partial charge on any atom is 0.118 e. The summed E-state index contributed by atoms with van der Waals surface area (Å²) in [6.45, 7) is 2.08. The number of nitrogens with two attached hydrogens (primary N) is 1. The molecule has 0 aromatic heterocycles. The molecule has 1 atom stereocenters. The molecule has 3 heteroatoms. The summed E-state index contributed by atoms with van der Waals surface area (Å²) in [5.41, 5.74) is 6.56. The molecule has 0 aliphatic carbocycles. The summed E-state index contributed by atoms with van der Waals surface area (Å²) in [7, 11) is 1.67. The van der Waals surface area contributed by atoms with Crippen LogP contribution in [0.3, 0.4) is 0 Å². The minimum absolute atomic E-state index is 0.119. The standard InChI is InChI=1S/C16H20N2O/c1-12-3-7-14(8-4-12)16(18-17)11-13-5-9-15(19-2)10-6-13/h3-10,16,18H,11,17H2,1-2H3. The molecule has 0 radical (unpaired) electrons. The van der Waals surface area contributed by atoms with Crippen LogP contribution in [0.2, 0.25) is 0 Å². The van der Waals surface area contributed by atoms with Crippen LogP contribution in [0.4, 0.5) is 0 Å². The minimum Gasteiger partial charge on any atom is -0.497 e.